The maximum atomic E-state index is 14.7. The van der Waals surface area contributed by atoms with Crippen LogP contribution in [0.25, 0.3) is 0 Å². The quantitative estimate of drug-likeness (QED) is 0.127. The number of para-hydroxylation sites is 2. The Morgan fingerprint density at radius 2 is 1.51 bits per heavy atom. The van der Waals surface area contributed by atoms with Crippen LogP contribution in [0, 0.1) is 6.92 Å². The minimum atomic E-state index is -4.24. The standard InChI is InChI=1S/C37H42BrN3O5S/c1-4-6-24-39-37(43)34(25-29-12-8-7-9-13-29)40(26-30-18-20-31(38)21-19-30)36(42)27-41(33-14-10-11-15-35(33)46-5-2)47(44,45)32-22-16-28(3)17-23-32/h7-23,34H,4-6,24-27H2,1-3H3,(H,39,43). The fourth-order valence-corrected chi connectivity index (χ4v) is 6.83. The number of unbranched alkanes of at least 4 members (excludes halogenated alkanes) is 1. The zero-order valence-electron chi connectivity index (χ0n) is 27.1. The second-order valence-corrected chi connectivity index (χ2v) is 14.0. The number of amides is 2. The first kappa shape index (κ1) is 35.7. The Labute approximate surface area is 286 Å². The van der Waals surface area contributed by atoms with E-state index in [2.05, 4.69) is 21.2 Å². The molecule has 0 spiro atoms. The van der Waals surface area contributed by atoms with Crippen molar-refractivity contribution in [1.29, 1.82) is 0 Å². The van der Waals surface area contributed by atoms with Crippen molar-refractivity contribution in [1.82, 2.24) is 10.2 Å². The molecule has 0 heterocycles. The third-order valence-electron chi connectivity index (χ3n) is 7.69. The first-order valence-electron chi connectivity index (χ1n) is 15.8. The number of carbonyl (C=O) groups is 2. The van der Waals surface area contributed by atoms with Gasteiger partial charge in [0.15, 0.2) is 0 Å². The Balaban J connectivity index is 1.82. The minimum Gasteiger partial charge on any atom is -0.492 e. The third-order valence-corrected chi connectivity index (χ3v) is 9.99. The molecule has 0 aliphatic carbocycles. The van der Waals surface area contributed by atoms with Crippen LogP contribution in [0.5, 0.6) is 5.75 Å². The van der Waals surface area contributed by atoms with Gasteiger partial charge in [0.1, 0.15) is 18.3 Å². The number of nitrogens with zero attached hydrogens (tertiary/aromatic N) is 2. The molecule has 0 saturated carbocycles. The van der Waals surface area contributed by atoms with E-state index in [4.69, 9.17) is 4.74 Å². The van der Waals surface area contributed by atoms with Gasteiger partial charge in [-0.15, -0.1) is 0 Å². The fourth-order valence-electron chi connectivity index (χ4n) is 5.14. The number of ether oxygens (including phenoxy) is 1. The van der Waals surface area contributed by atoms with Crippen LogP contribution in [0.1, 0.15) is 43.4 Å². The molecule has 8 nitrogen and oxygen atoms in total. The molecule has 4 aromatic rings. The summed E-state index contributed by atoms with van der Waals surface area (Å²) in [4.78, 5) is 30.1. The lowest BCUT2D eigenvalue weighted by Crippen LogP contribution is -2.53. The molecule has 4 rings (SSSR count). The zero-order chi connectivity index (χ0) is 33.8. The number of anilines is 1. The molecular formula is C37H42BrN3O5S. The van der Waals surface area contributed by atoms with Gasteiger partial charge in [0, 0.05) is 24.0 Å². The second-order valence-electron chi connectivity index (χ2n) is 11.2. The predicted octanol–water partition coefficient (Wildman–Crippen LogP) is 6.91. The van der Waals surface area contributed by atoms with Gasteiger partial charge in [0.25, 0.3) is 10.0 Å². The number of rotatable bonds is 16. The van der Waals surface area contributed by atoms with Crippen LogP contribution in [0.4, 0.5) is 5.69 Å². The predicted molar refractivity (Wildman–Crippen MR) is 190 cm³/mol. The molecule has 4 aromatic carbocycles. The summed E-state index contributed by atoms with van der Waals surface area (Å²) in [6.07, 6.45) is 1.94. The van der Waals surface area contributed by atoms with Crippen LogP contribution in [-0.4, -0.2) is 50.9 Å². The molecule has 0 radical (unpaired) electrons. The average molecular weight is 721 g/mol. The van der Waals surface area contributed by atoms with Crippen LogP contribution >= 0.6 is 15.9 Å². The monoisotopic (exact) mass is 719 g/mol. The van der Waals surface area contributed by atoms with E-state index >= 15 is 0 Å². The molecule has 0 saturated heterocycles. The number of carbonyl (C=O) groups excluding carboxylic acids is 2. The highest BCUT2D eigenvalue weighted by Gasteiger charge is 2.35. The Kier molecular flexibility index (Phi) is 13.0. The van der Waals surface area contributed by atoms with Crippen molar-refractivity contribution in [3.63, 3.8) is 0 Å². The van der Waals surface area contributed by atoms with Gasteiger partial charge >= 0.3 is 0 Å². The van der Waals surface area contributed by atoms with Crippen molar-refractivity contribution in [2.45, 2.75) is 57.5 Å². The van der Waals surface area contributed by atoms with E-state index in [9.17, 15) is 18.0 Å². The van der Waals surface area contributed by atoms with Gasteiger partial charge in [-0.3, -0.25) is 13.9 Å². The summed E-state index contributed by atoms with van der Waals surface area (Å²) in [6.45, 7) is 6.04. The molecule has 0 bridgehead atoms. The molecule has 0 fully saturated rings. The normalized spacial score (nSPS) is 11.8. The Hall–Kier alpha value is -4.15. The van der Waals surface area contributed by atoms with Crippen LogP contribution in [0.2, 0.25) is 0 Å². The molecule has 0 aliphatic heterocycles. The highest BCUT2D eigenvalue weighted by molar-refractivity contribution is 9.10. The van der Waals surface area contributed by atoms with Crippen LogP contribution < -0.4 is 14.4 Å². The van der Waals surface area contributed by atoms with E-state index in [-0.39, 0.29) is 29.5 Å². The van der Waals surface area contributed by atoms with E-state index in [1.807, 2.05) is 75.4 Å². The van der Waals surface area contributed by atoms with E-state index in [1.165, 1.54) is 17.0 Å². The topological polar surface area (TPSA) is 96.0 Å². The Morgan fingerprint density at radius 1 is 0.851 bits per heavy atom. The Morgan fingerprint density at radius 3 is 2.17 bits per heavy atom. The maximum Gasteiger partial charge on any atom is 0.264 e. The molecule has 0 aliphatic rings. The number of benzene rings is 4. The smallest absolute Gasteiger partial charge is 0.264 e. The van der Waals surface area contributed by atoms with Crippen molar-refractivity contribution < 1.29 is 22.7 Å². The van der Waals surface area contributed by atoms with E-state index in [1.54, 1.807) is 36.4 Å². The molecule has 1 N–H and O–H groups in total. The highest BCUT2D eigenvalue weighted by Crippen LogP contribution is 2.33. The maximum absolute atomic E-state index is 14.7. The SMILES string of the molecule is CCCCNC(=O)C(Cc1ccccc1)N(Cc1ccc(Br)cc1)C(=O)CN(c1ccccc1OCC)S(=O)(=O)c1ccc(C)cc1. The van der Waals surface area contributed by atoms with Gasteiger partial charge in [-0.2, -0.15) is 0 Å². The van der Waals surface area contributed by atoms with E-state index in [0.29, 0.717) is 18.9 Å². The Bertz CT molecular complexity index is 1720. The van der Waals surface area contributed by atoms with Crippen molar-refractivity contribution in [2.75, 3.05) is 24.0 Å². The van der Waals surface area contributed by atoms with Crippen LogP contribution in [0.15, 0.2) is 112 Å². The zero-order valence-corrected chi connectivity index (χ0v) is 29.5. The molecular weight excluding hydrogens is 678 g/mol. The summed E-state index contributed by atoms with van der Waals surface area (Å²) in [5.74, 6) is -0.493. The summed E-state index contributed by atoms with van der Waals surface area (Å²) in [5.41, 5.74) is 2.81. The van der Waals surface area contributed by atoms with Gasteiger partial charge in [-0.25, -0.2) is 8.42 Å². The van der Waals surface area contributed by atoms with E-state index in [0.717, 1.165) is 38.3 Å². The second kappa shape index (κ2) is 17.1. The highest BCUT2D eigenvalue weighted by atomic mass is 79.9. The number of halogens is 1. The minimum absolute atomic E-state index is 0.0415. The molecule has 47 heavy (non-hydrogen) atoms. The lowest BCUT2D eigenvalue weighted by atomic mass is 10.0. The number of nitrogens with one attached hydrogen (secondary N) is 1. The third kappa shape index (κ3) is 9.68. The van der Waals surface area contributed by atoms with Crippen molar-refractivity contribution >= 4 is 43.5 Å². The van der Waals surface area contributed by atoms with Gasteiger partial charge < -0.3 is 15.0 Å². The number of aryl methyl sites for hydroxylation is 1. The molecule has 0 aromatic heterocycles. The van der Waals surface area contributed by atoms with Crippen molar-refractivity contribution in [3.8, 4) is 5.75 Å². The summed E-state index contributed by atoms with van der Waals surface area (Å²) >= 11 is 3.47. The number of hydrogen-bond donors (Lipinski definition) is 1. The largest absolute Gasteiger partial charge is 0.492 e. The van der Waals surface area contributed by atoms with Crippen LogP contribution in [-0.2, 0) is 32.6 Å². The van der Waals surface area contributed by atoms with E-state index < -0.39 is 28.5 Å². The summed E-state index contributed by atoms with van der Waals surface area (Å²) in [5, 5.41) is 3.01. The lowest BCUT2D eigenvalue weighted by molar-refractivity contribution is -0.140. The van der Waals surface area contributed by atoms with Crippen molar-refractivity contribution in [2.24, 2.45) is 0 Å². The lowest BCUT2D eigenvalue weighted by Gasteiger charge is -2.34. The van der Waals surface area contributed by atoms with Gasteiger partial charge in [0.2, 0.25) is 11.8 Å². The molecule has 1 unspecified atom stereocenters. The summed E-state index contributed by atoms with van der Waals surface area (Å²) in [7, 11) is -4.24. The van der Waals surface area contributed by atoms with Gasteiger partial charge in [-0.1, -0.05) is 102 Å². The molecule has 1 atom stereocenters. The molecule has 248 valence electrons. The summed E-state index contributed by atoms with van der Waals surface area (Å²) < 4.78 is 36.5. The fraction of sp³-hybridized carbons (Fsp3) is 0.297. The molecule has 2 amide bonds. The first-order chi connectivity index (χ1) is 22.6. The van der Waals surface area contributed by atoms with Gasteiger partial charge in [-0.05, 0) is 67.8 Å². The van der Waals surface area contributed by atoms with Gasteiger partial charge in [0.05, 0.1) is 17.2 Å². The number of sulfonamides is 1. The average Bonchev–Trinajstić information content (AvgIpc) is 3.07. The van der Waals surface area contributed by atoms with Crippen LogP contribution in [0.3, 0.4) is 0 Å². The van der Waals surface area contributed by atoms with Crippen molar-refractivity contribution in [3.05, 3.63) is 124 Å². The molecule has 10 heteroatoms. The summed E-state index contributed by atoms with van der Waals surface area (Å²) in [6, 6.07) is 29.4. The first-order valence-corrected chi connectivity index (χ1v) is 18.0. The number of hydrogen-bond acceptors (Lipinski definition) is 5.